The van der Waals surface area contributed by atoms with Crippen LogP contribution in [0.25, 0.3) is 0 Å². The molecule has 2 nitrogen and oxygen atoms in total. The van der Waals surface area contributed by atoms with E-state index in [1.54, 1.807) is 0 Å². The van der Waals surface area contributed by atoms with Gasteiger partial charge in [-0.2, -0.15) is 0 Å². The monoisotopic (exact) mass is 342 g/mol. The van der Waals surface area contributed by atoms with E-state index in [9.17, 15) is 4.79 Å². The summed E-state index contributed by atoms with van der Waals surface area (Å²) >= 11 is 0. The van der Waals surface area contributed by atoms with Gasteiger partial charge in [-0.3, -0.25) is 4.79 Å². The third-order valence-corrected chi connectivity index (χ3v) is 6.57. The average molecular weight is 343 g/mol. The molecule has 25 heavy (non-hydrogen) atoms. The SMILES string of the molecule is CCCCC1CCC2CC(C(=O)Oc3ccc(CC)cc3)CCC2C1. The van der Waals surface area contributed by atoms with Crippen molar-refractivity contribution < 1.29 is 9.53 Å². The molecule has 0 spiro atoms. The Morgan fingerprint density at radius 1 is 1.00 bits per heavy atom. The van der Waals surface area contributed by atoms with Crippen molar-refractivity contribution in [2.75, 3.05) is 0 Å². The molecule has 0 heterocycles. The highest BCUT2D eigenvalue weighted by molar-refractivity contribution is 5.75. The largest absolute Gasteiger partial charge is 0.426 e. The highest BCUT2D eigenvalue weighted by Crippen LogP contribution is 2.46. The van der Waals surface area contributed by atoms with E-state index in [2.05, 4.69) is 26.0 Å². The molecule has 1 aromatic carbocycles. The smallest absolute Gasteiger partial charge is 0.314 e. The second kappa shape index (κ2) is 8.87. The van der Waals surface area contributed by atoms with Gasteiger partial charge < -0.3 is 4.74 Å². The Balaban J connectivity index is 1.49. The van der Waals surface area contributed by atoms with Crippen LogP contribution in [0.5, 0.6) is 5.75 Å². The fourth-order valence-corrected chi connectivity index (χ4v) is 4.95. The topological polar surface area (TPSA) is 26.3 Å². The van der Waals surface area contributed by atoms with E-state index in [0.29, 0.717) is 5.75 Å². The summed E-state index contributed by atoms with van der Waals surface area (Å²) in [6, 6.07) is 7.97. The minimum Gasteiger partial charge on any atom is -0.426 e. The summed E-state index contributed by atoms with van der Waals surface area (Å²) < 4.78 is 5.67. The van der Waals surface area contributed by atoms with Crippen LogP contribution in [-0.2, 0) is 11.2 Å². The zero-order valence-corrected chi connectivity index (χ0v) is 16.0. The number of ether oxygens (including phenoxy) is 1. The quantitative estimate of drug-likeness (QED) is 0.456. The summed E-state index contributed by atoms with van der Waals surface area (Å²) in [5, 5.41) is 0. The Morgan fingerprint density at radius 2 is 1.72 bits per heavy atom. The van der Waals surface area contributed by atoms with Gasteiger partial charge in [-0.05, 0) is 74.0 Å². The van der Waals surface area contributed by atoms with Crippen molar-refractivity contribution in [2.45, 2.75) is 78.1 Å². The summed E-state index contributed by atoms with van der Waals surface area (Å²) in [6.07, 6.45) is 12.5. The molecule has 2 heteroatoms. The maximum absolute atomic E-state index is 12.6. The fourth-order valence-electron chi connectivity index (χ4n) is 4.95. The third kappa shape index (κ3) is 4.86. The molecular weight excluding hydrogens is 308 g/mol. The van der Waals surface area contributed by atoms with Gasteiger partial charge in [-0.25, -0.2) is 0 Å². The zero-order valence-electron chi connectivity index (χ0n) is 16.0. The Bertz CT molecular complexity index is 548. The second-order valence-corrected chi connectivity index (χ2v) is 8.27. The van der Waals surface area contributed by atoms with E-state index in [0.717, 1.165) is 37.0 Å². The first-order valence-corrected chi connectivity index (χ1v) is 10.5. The number of rotatable bonds is 6. The van der Waals surface area contributed by atoms with Gasteiger partial charge in [0.25, 0.3) is 0 Å². The number of aryl methyl sites for hydroxylation is 1. The third-order valence-electron chi connectivity index (χ3n) is 6.57. The van der Waals surface area contributed by atoms with Crippen molar-refractivity contribution in [3.8, 4) is 5.75 Å². The zero-order chi connectivity index (χ0) is 17.6. The van der Waals surface area contributed by atoms with Gasteiger partial charge >= 0.3 is 5.97 Å². The van der Waals surface area contributed by atoms with Crippen molar-refractivity contribution in [1.82, 2.24) is 0 Å². The van der Waals surface area contributed by atoms with E-state index >= 15 is 0 Å². The minimum atomic E-state index is -0.00388. The van der Waals surface area contributed by atoms with Crippen LogP contribution in [0, 0.1) is 23.7 Å². The molecule has 0 radical (unpaired) electrons. The summed E-state index contributed by atoms with van der Waals surface area (Å²) in [7, 11) is 0. The van der Waals surface area contributed by atoms with Gasteiger partial charge in [-0.15, -0.1) is 0 Å². The molecule has 0 amide bonds. The van der Waals surface area contributed by atoms with Crippen LogP contribution in [0.15, 0.2) is 24.3 Å². The molecule has 0 bridgehead atoms. The number of hydrogen-bond donors (Lipinski definition) is 0. The molecule has 2 fully saturated rings. The molecule has 0 N–H and O–H groups in total. The van der Waals surface area contributed by atoms with Gasteiger partial charge in [0.05, 0.1) is 5.92 Å². The predicted molar refractivity (Wildman–Crippen MR) is 103 cm³/mol. The maximum atomic E-state index is 12.6. The molecule has 4 atom stereocenters. The molecule has 138 valence electrons. The van der Waals surface area contributed by atoms with Crippen molar-refractivity contribution in [3.05, 3.63) is 29.8 Å². The van der Waals surface area contributed by atoms with Crippen molar-refractivity contribution in [1.29, 1.82) is 0 Å². The van der Waals surface area contributed by atoms with Crippen LogP contribution >= 0.6 is 0 Å². The predicted octanol–water partition coefficient (Wildman–Crippen LogP) is 6.18. The molecule has 2 aliphatic rings. The Labute approximate surface area is 153 Å². The summed E-state index contributed by atoms with van der Waals surface area (Å²) in [4.78, 5) is 12.6. The minimum absolute atomic E-state index is 0.00388. The first kappa shape index (κ1) is 18.5. The molecule has 4 unspecified atom stereocenters. The number of benzene rings is 1. The molecule has 0 saturated heterocycles. The van der Waals surface area contributed by atoms with Crippen LogP contribution in [0.1, 0.15) is 77.2 Å². The lowest BCUT2D eigenvalue weighted by Gasteiger charge is -2.41. The lowest BCUT2D eigenvalue weighted by atomic mass is 9.64. The highest BCUT2D eigenvalue weighted by Gasteiger charge is 2.38. The number of esters is 1. The Hall–Kier alpha value is -1.31. The number of fused-ring (bicyclic) bond motifs is 1. The normalized spacial score (nSPS) is 29.0. The van der Waals surface area contributed by atoms with Crippen LogP contribution in [0.3, 0.4) is 0 Å². The van der Waals surface area contributed by atoms with Gasteiger partial charge in [0.1, 0.15) is 5.75 Å². The van der Waals surface area contributed by atoms with E-state index in [-0.39, 0.29) is 11.9 Å². The summed E-state index contributed by atoms with van der Waals surface area (Å²) in [5.74, 6) is 3.37. The standard InChI is InChI=1S/C23H34O2/c1-3-5-6-18-7-10-20-16-21(12-11-19(20)15-18)23(24)25-22-13-8-17(4-2)9-14-22/h8-9,13-14,18-21H,3-7,10-12,15-16H2,1-2H3. The molecule has 3 rings (SSSR count). The van der Waals surface area contributed by atoms with Crippen LogP contribution < -0.4 is 4.74 Å². The lowest BCUT2D eigenvalue weighted by Crippen LogP contribution is -2.35. The fraction of sp³-hybridized carbons (Fsp3) is 0.696. The molecular formula is C23H34O2. The lowest BCUT2D eigenvalue weighted by molar-refractivity contribution is -0.141. The van der Waals surface area contributed by atoms with E-state index in [4.69, 9.17) is 4.74 Å². The molecule has 0 aromatic heterocycles. The van der Waals surface area contributed by atoms with Gasteiger partial charge in [0.2, 0.25) is 0 Å². The van der Waals surface area contributed by atoms with Crippen molar-refractivity contribution in [2.24, 2.45) is 23.7 Å². The van der Waals surface area contributed by atoms with Crippen LogP contribution in [0.2, 0.25) is 0 Å². The van der Waals surface area contributed by atoms with E-state index in [1.165, 1.54) is 50.5 Å². The molecule has 0 aliphatic heterocycles. The van der Waals surface area contributed by atoms with Gasteiger partial charge in [0.15, 0.2) is 0 Å². The summed E-state index contributed by atoms with van der Waals surface area (Å²) in [6.45, 7) is 4.43. The van der Waals surface area contributed by atoms with Crippen molar-refractivity contribution in [3.63, 3.8) is 0 Å². The number of unbranched alkanes of at least 4 members (excludes halogenated alkanes) is 1. The highest BCUT2D eigenvalue weighted by atomic mass is 16.5. The van der Waals surface area contributed by atoms with Crippen LogP contribution in [0.4, 0.5) is 0 Å². The van der Waals surface area contributed by atoms with Gasteiger partial charge in [-0.1, -0.05) is 51.7 Å². The number of hydrogen-bond acceptors (Lipinski definition) is 2. The van der Waals surface area contributed by atoms with Crippen molar-refractivity contribution >= 4 is 5.97 Å². The maximum Gasteiger partial charge on any atom is 0.314 e. The Morgan fingerprint density at radius 3 is 2.44 bits per heavy atom. The second-order valence-electron chi connectivity index (χ2n) is 8.27. The van der Waals surface area contributed by atoms with E-state index < -0.39 is 0 Å². The van der Waals surface area contributed by atoms with Gasteiger partial charge in [0, 0.05) is 0 Å². The molecule has 2 aliphatic carbocycles. The van der Waals surface area contributed by atoms with Crippen LogP contribution in [-0.4, -0.2) is 5.97 Å². The first-order chi connectivity index (χ1) is 12.2. The first-order valence-electron chi connectivity index (χ1n) is 10.5. The molecule has 2 saturated carbocycles. The average Bonchev–Trinajstić information content (AvgIpc) is 2.66. The van der Waals surface area contributed by atoms with E-state index in [1.807, 2.05) is 12.1 Å². The Kier molecular flexibility index (Phi) is 6.56. The molecule has 1 aromatic rings. The number of carbonyl (C=O) groups excluding carboxylic acids is 1. The number of carbonyl (C=O) groups is 1. The summed E-state index contributed by atoms with van der Waals surface area (Å²) in [5.41, 5.74) is 1.28.